The number of para-hydroxylation sites is 1. The molecule has 1 aromatic rings. The Labute approximate surface area is 121 Å². The molecule has 0 spiro atoms. The monoisotopic (exact) mass is 272 g/mol. The first-order valence-electron chi connectivity index (χ1n) is 7.80. The average Bonchev–Trinajstić information content (AvgIpc) is 2.46. The van der Waals surface area contributed by atoms with Crippen molar-refractivity contribution >= 4 is 11.6 Å². The topological polar surface area (TPSA) is 32.3 Å². The normalized spacial score (nSPS) is 29.5. The Kier molecular flexibility index (Phi) is 3.68. The summed E-state index contributed by atoms with van der Waals surface area (Å²) in [6.07, 6.45) is 4.18. The third-order valence-electron chi connectivity index (χ3n) is 4.77. The van der Waals surface area contributed by atoms with Gasteiger partial charge in [-0.2, -0.15) is 0 Å². The number of anilines is 1. The number of hydrogen-bond acceptors (Lipinski definition) is 2. The SMILES string of the molecule is CC1CCN(C(=O)C2CCc3ccccc3N2)C(C)C1. The molecule has 3 atom stereocenters. The van der Waals surface area contributed by atoms with Crippen LogP contribution in [0.15, 0.2) is 24.3 Å². The average molecular weight is 272 g/mol. The summed E-state index contributed by atoms with van der Waals surface area (Å²) >= 11 is 0. The Morgan fingerprint density at radius 3 is 2.85 bits per heavy atom. The number of carbonyl (C=O) groups excluding carboxylic acids is 1. The number of rotatable bonds is 1. The van der Waals surface area contributed by atoms with Crippen molar-refractivity contribution in [3.63, 3.8) is 0 Å². The van der Waals surface area contributed by atoms with Gasteiger partial charge in [-0.3, -0.25) is 4.79 Å². The van der Waals surface area contributed by atoms with E-state index in [1.165, 1.54) is 5.56 Å². The third-order valence-corrected chi connectivity index (χ3v) is 4.77. The number of hydrogen-bond donors (Lipinski definition) is 1. The number of carbonyl (C=O) groups is 1. The maximum Gasteiger partial charge on any atom is 0.245 e. The van der Waals surface area contributed by atoms with Crippen LogP contribution in [0.1, 0.15) is 38.7 Å². The number of benzene rings is 1. The summed E-state index contributed by atoms with van der Waals surface area (Å²) in [5.74, 6) is 1.04. The lowest BCUT2D eigenvalue weighted by atomic mass is 9.91. The summed E-state index contributed by atoms with van der Waals surface area (Å²) in [5, 5.41) is 3.43. The van der Waals surface area contributed by atoms with Crippen molar-refractivity contribution in [3.05, 3.63) is 29.8 Å². The van der Waals surface area contributed by atoms with Crippen LogP contribution in [0.5, 0.6) is 0 Å². The van der Waals surface area contributed by atoms with E-state index in [-0.39, 0.29) is 6.04 Å². The minimum absolute atomic E-state index is 0.0410. The Balaban J connectivity index is 1.70. The first-order chi connectivity index (χ1) is 9.65. The molecule has 2 aliphatic rings. The Bertz CT molecular complexity index is 500. The van der Waals surface area contributed by atoms with Gasteiger partial charge in [-0.25, -0.2) is 0 Å². The van der Waals surface area contributed by atoms with Crippen LogP contribution in [-0.4, -0.2) is 29.4 Å². The van der Waals surface area contributed by atoms with E-state index in [0.717, 1.165) is 43.8 Å². The summed E-state index contributed by atoms with van der Waals surface area (Å²) in [4.78, 5) is 14.8. The summed E-state index contributed by atoms with van der Waals surface area (Å²) < 4.78 is 0. The smallest absolute Gasteiger partial charge is 0.245 e. The first-order valence-corrected chi connectivity index (χ1v) is 7.80. The summed E-state index contributed by atoms with van der Waals surface area (Å²) in [5.41, 5.74) is 2.46. The number of piperidine rings is 1. The van der Waals surface area contributed by atoms with E-state index in [2.05, 4.69) is 42.3 Å². The van der Waals surface area contributed by atoms with Crippen molar-refractivity contribution in [2.45, 2.75) is 51.6 Å². The van der Waals surface area contributed by atoms with Crippen molar-refractivity contribution in [1.82, 2.24) is 4.90 Å². The van der Waals surface area contributed by atoms with Crippen molar-refractivity contribution in [1.29, 1.82) is 0 Å². The molecule has 0 bridgehead atoms. The van der Waals surface area contributed by atoms with Crippen LogP contribution >= 0.6 is 0 Å². The van der Waals surface area contributed by atoms with Crippen LogP contribution in [0, 0.1) is 5.92 Å². The van der Waals surface area contributed by atoms with Crippen LogP contribution in [0.4, 0.5) is 5.69 Å². The zero-order valence-electron chi connectivity index (χ0n) is 12.4. The molecule has 20 heavy (non-hydrogen) atoms. The molecule has 3 nitrogen and oxygen atoms in total. The predicted octanol–water partition coefficient (Wildman–Crippen LogP) is 3.06. The molecule has 1 saturated heterocycles. The second-order valence-electron chi connectivity index (χ2n) is 6.40. The fourth-order valence-electron chi connectivity index (χ4n) is 3.56. The van der Waals surface area contributed by atoms with E-state index in [1.54, 1.807) is 0 Å². The zero-order valence-corrected chi connectivity index (χ0v) is 12.4. The van der Waals surface area contributed by atoms with Gasteiger partial charge in [0, 0.05) is 18.3 Å². The minimum Gasteiger partial charge on any atom is -0.373 e. The molecular weight excluding hydrogens is 248 g/mol. The van der Waals surface area contributed by atoms with E-state index >= 15 is 0 Å². The molecule has 2 heterocycles. The van der Waals surface area contributed by atoms with Crippen molar-refractivity contribution in [2.24, 2.45) is 5.92 Å². The van der Waals surface area contributed by atoms with Crippen LogP contribution in [0.3, 0.4) is 0 Å². The van der Waals surface area contributed by atoms with Gasteiger partial charge in [0.25, 0.3) is 0 Å². The second kappa shape index (κ2) is 5.47. The molecule has 3 rings (SSSR count). The lowest BCUT2D eigenvalue weighted by Gasteiger charge is -2.39. The largest absolute Gasteiger partial charge is 0.373 e. The molecule has 2 aliphatic heterocycles. The molecular formula is C17H24N2O. The fourth-order valence-corrected chi connectivity index (χ4v) is 3.56. The molecule has 1 fully saturated rings. The molecule has 3 heteroatoms. The molecule has 1 amide bonds. The lowest BCUT2D eigenvalue weighted by molar-refractivity contribution is -0.136. The standard InChI is InChI=1S/C17H24N2O/c1-12-9-10-19(13(2)11-12)17(20)16-8-7-14-5-3-4-6-15(14)18-16/h3-6,12-13,16,18H,7-11H2,1-2H3. The van der Waals surface area contributed by atoms with Crippen molar-refractivity contribution in [3.8, 4) is 0 Å². The minimum atomic E-state index is -0.0410. The third kappa shape index (κ3) is 2.54. The molecule has 0 saturated carbocycles. The molecule has 3 unspecified atom stereocenters. The van der Waals surface area contributed by atoms with Crippen LogP contribution in [-0.2, 0) is 11.2 Å². The predicted molar refractivity (Wildman–Crippen MR) is 81.7 cm³/mol. The number of likely N-dealkylation sites (tertiary alicyclic amines) is 1. The summed E-state index contributed by atoms with van der Waals surface area (Å²) in [6.45, 7) is 5.39. The highest BCUT2D eigenvalue weighted by atomic mass is 16.2. The Morgan fingerprint density at radius 2 is 2.05 bits per heavy atom. The Morgan fingerprint density at radius 1 is 1.25 bits per heavy atom. The van der Waals surface area contributed by atoms with Gasteiger partial charge in [-0.15, -0.1) is 0 Å². The van der Waals surface area contributed by atoms with Crippen LogP contribution in [0.2, 0.25) is 0 Å². The highest BCUT2D eigenvalue weighted by Gasteiger charge is 2.32. The number of amides is 1. The van der Waals surface area contributed by atoms with Gasteiger partial charge in [0.05, 0.1) is 0 Å². The number of nitrogens with one attached hydrogen (secondary N) is 1. The van der Waals surface area contributed by atoms with Gasteiger partial charge in [0.1, 0.15) is 6.04 Å². The number of fused-ring (bicyclic) bond motifs is 1. The summed E-state index contributed by atoms with van der Waals surface area (Å²) in [6, 6.07) is 8.66. The quantitative estimate of drug-likeness (QED) is 0.852. The highest BCUT2D eigenvalue weighted by Crippen LogP contribution is 2.28. The molecule has 108 valence electrons. The number of nitrogens with zero attached hydrogens (tertiary/aromatic N) is 1. The van der Waals surface area contributed by atoms with Crippen molar-refractivity contribution < 1.29 is 4.79 Å². The van der Waals surface area contributed by atoms with Gasteiger partial charge in [-0.1, -0.05) is 25.1 Å². The van der Waals surface area contributed by atoms with E-state index in [9.17, 15) is 4.79 Å². The van der Waals surface area contributed by atoms with Gasteiger partial charge < -0.3 is 10.2 Å². The van der Waals surface area contributed by atoms with E-state index < -0.39 is 0 Å². The molecule has 0 radical (unpaired) electrons. The van der Waals surface area contributed by atoms with Gasteiger partial charge in [0.2, 0.25) is 5.91 Å². The molecule has 0 aromatic heterocycles. The maximum absolute atomic E-state index is 12.7. The van der Waals surface area contributed by atoms with Gasteiger partial charge >= 0.3 is 0 Å². The van der Waals surface area contributed by atoms with E-state index in [4.69, 9.17) is 0 Å². The second-order valence-corrected chi connectivity index (χ2v) is 6.40. The van der Waals surface area contributed by atoms with Gasteiger partial charge in [0.15, 0.2) is 0 Å². The summed E-state index contributed by atoms with van der Waals surface area (Å²) in [7, 11) is 0. The van der Waals surface area contributed by atoms with Crippen LogP contribution in [0.25, 0.3) is 0 Å². The van der Waals surface area contributed by atoms with Crippen molar-refractivity contribution in [2.75, 3.05) is 11.9 Å². The first kappa shape index (κ1) is 13.5. The lowest BCUT2D eigenvalue weighted by Crippen LogP contribution is -2.51. The molecule has 1 aromatic carbocycles. The van der Waals surface area contributed by atoms with E-state index in [1.807, 2.05) is 6.07 Å². The molecule has 0 aliphatic carbocycles. The fraction of sp³-hybridized carbons (Fsp3) is 0.588. The van der Waals surface area contributed by atoms with Crippen LogP contribution < -0.4 is 5.32 Å². The zero-order chi connectivity index (χ0) is 14.1. The molecule has 1 N–H and O–H groups in total. The van der Waals surface area contributed by atoms with Gasteiger partial charge in [-0.05, 0) is 50.2 Å². The van der Waals surface area contributed by atoms with E-state index in [0.29, 0.717) is 11.9 Å². The highest BCUT2D eigenvalue weighted by molar-refractivity contribution is 5.86. The maximum atomic E-state index is 12.7. The Hall–Kier alpha value is -1.51. The number of aryl methyl sites for hydroxylation is 1.